The minimum atomic E-state index is -1.08. The number of fused-ring (bicyclic) bond motifs is 2. The summed E-state index contributed by atoms with van der Waals surface area (Å²) >= 11 is 0. The second kappa shape index (κ2) is 15.5. The second-order valence-corrected chi connectivity index (χ2v) is 11.6. The van der Waals surface area contributed by atoms with Crippen LogP contribution in [-0.4, -0.2) is 87.4 Å². The van der Waals surface area contributed by atoms with Gasteiger partial charge in [0.15, 0.2) is 11.6 Å². The number of Topliss-reactive ketones (excluding diaryl/α,β-unsaturated/α-hetero) is 2. The summed E-state index contributed by atoms with van der Waals surface area (Å²) in [5.74, 6) is -0.207. The number of oxime groups is 2. The highest BCUT2D eigenvalue weighted by Crippen LogP contribution is 2.37. The van der Waals surface area contributed by atoms with Crippen LogP contribution >= 0.6 is 0 Å². The van der Waals surface area contributed by atoms with Crippen LogP contribution in [0.25, 0.3) is 0 Å². The molecule has 6 rings (SSSR count). The first-order valence-corrected chi connectivity index (χ1v) is 15.2. The molecular formula is C30H34B2N8O8. The number of benzene rings is 2. The van der Waals surface area contributed by atoms with Crippen LogP contribution in [0.2, 0.25) is 11.6 Å². The first-order valence-electron chi connectivity index (χ1n) is 15.2. The van der Waals surface area contributed by atoms with Crippen molar-refractivity contribution in [2.24, 2.45) is 10.3 Å². The first-order chi connectivity index (χ1) is 23.2. The van der Waals surface area contributed by atoms with E-state index in [9.17, 15) is 19.6 Å². The van der Waals surface area contributed by atoms with Gasteiger partial charge in [-0.15, -0.1) is 0 Å². The Morgan fingerprint density at radius 3 is 1.77 bits per heavy atom. The Morgan fingerprint density at radius 2 is 1.31 bits per heavy atom. The summed E-state index contributed by atoms with van der Waals surface area (Å²) in [6.07, 6.45) is 6.76. The highest BCUT2D eigenvalue weighted by molar-refractivity contribution is 6.49. The van der Waals surface area contributed by atoms with Crippen molar-refractivity contribution < 1.29 is 39.4 Å². The highest BCUT2D eigenvalue weighted by Gasteiger charge is 2.38. The van der Waals surface area contributed by atoms with Gasteiger partial charge >= 0.3 is 14.2 Å². The van der Waals surface area contributed by atoms with Gasteiger partial charge in [-0.2, -0.15) is 20.1 Å². The van der Waals surface area contributed by atoms with Gasteiger partial charge in [0.25, 0.3) is 0 Å². The number of nitrogens with zero attached hydrogens (tertiary/aromatic N) is 8. The molecule has 2 atom stereocenters. The Bertz CT molecular complexity index is 1660. The Kier molecular flexibility index (Phi) is 11.0. The lowest BCUT2D eigenvalue weighted by Crippen LogP contribution is -2.36. The number of hydrogen-bond donors (Lipinski definition) is 4. The highest BCUT2D eigenvalue weighted by atomic mass is 16.5. The number of aromatic nitrogens is 6. The minimum Gasteiger partial charge on any atom is -0.536 e. The Morgan fingerprint density at radius 1 is 0.812 bits per heavy atom. The molecule has 4 N–H and O–H groups in total. The van der Waals surface area contributed by atoms with E-state index in [1.54, 1.807) is 0 Å². The third kappa shape index (κ3) is 8.13. The van der Waals surface area contributed by atoms with E-state index in [4.69, 9.17) is 19.7 Å². The molecule has 0 fully saturated rings. The molecule has 2 aliphatic heterocycles. The zero-order valence-corrected chi connectivity index (χ0v) is 26.3. The number of para-hydroxylation sites is 2. The monoisotopic (exact) mass is 656 g/mol. The maximum Gasteiger partial charge on any atom is 0.526 e. The van der Waals surface area contributed by atoms with Gasteiger partial charge in [0.2, 0.25) is 0 Å². The number of carbonyl (C=O) groups excluding carboxylic acids is 2. The van der Waals surface area contributed by atoms with Crippen LogP contribution in [0.5, 0.6) is 11.5 Å². The Balaban J connectivity index is 0.000000188. The summed E-state index contributed by atoms with van der Waals surface area (Å²) in [7, 11) is -2.15. The van der Waals surface area contributed by atoms with Gasteiger partial charge in [0, 0.05) is 24.5 Å². The third-order valence-electron chi connectivity index (χ3n) is 8.15. The topological polar surface area (TPSA) is 220 Å². The van der Waals surface area contributed by atoms with Crippen LogP contribution in [0.1, 0.15) is 35.1 Å². The number of aryl methyl sites for hydroxylation is 2. The average molecular weight is 656 g/mol. The van der Waals surface area contributed by atoms with E-state index in [0.29, 0.717) is 24.3 Å². The zero-order chi connectivity index (χ0) is 34.2. The predicted octanol–water partition coefficient (Wildman–Crippen LogP) is 1.72. The molecule has 0 bridgehead atoms. The zero-order valence-electron chi connectivity index (χ0n) is 26.3. The number of hydrogen-bond acceptors (Lipinski definition) is 14. The van der Waals surface area contributed by atoms with Gasteiger partial charge in [-0.3, -0.25) is 9.59 Å². The van der Waals surface area contributed by atoms with Crippen LogP contribution in [0, 0.1) is 13.8 Å². The van der Waals surface area contributed by atoms with Crippen LogP contribution < -0.4 is 9.31 Å². The molecule has 2 aliphatic rings. The molecule has 2 aromatic carbocycles. The molecule has 0 amide bonds. The number of carbonyl (C=O) groups is 2. The summed E-state index contributed by atoms with van der Waals surface area (Å²) in [5, 5.41) is 56.3. The molecule has 4 heterocycles. The van der Waals surface area contributed by atoms with Crippen molar-refractivity contribution in [2.45, 2.75) is 64.3 Å². The summed E-state index contributed by atoms with van der Waals surface area (Å²) in [5.41, 5.74) is 3.70. The van der Waals surface area contributed by atoms with E-state index in [-0.39, 0.29) is 48.9 Å². The summed E-state index contributed by atoms with van der Waals surface area (Å²) in [6, 6.07) is 11.5. The van der Waals surface area contributed by atoms with E-state index in [1.807, 2.05) is 50.2 Å². The normalized spacial score (nSPS) is 17.3. The van der Waals surface area contributed by atoms with Gasteiger partial charge in [0.1, 0.15) is 42.1 Å². The SMILES string of the molecule is Cc1cccc2c1OB(O)[C@@H](CC(=O)/C(Cn1cncn1)=N\O)C2.Cc1cccc2c1OB(O)[C@@H](CC(=O)/C(Cn1nccn1)=N\O)C2. The van der Waals surface area contributed by atoms with E-state index < -0.39 is 25.9 Å². The molecule has 48 heavy (non-hydrogen) atoms. The van der Waals surface area contributed by atoms with E-state index in [1.165, 1.54) is 34.5 Å². The molecule has 0 saturated heterocycles. The molecule has 0 aliphatic carbocycles. The van der Waals surface area contributed by atoms with Gasteiger partial charge in [-0.1, -0.05) is 46.7 Å². The van der Waals surface area contributed by atoms with E-state index >= 15 is 0 Å². The molecule has 0 unspecified atom stereocenters. The van der Waals surface area contributed by atoms with Crippen molar-refractivity contribution >= 4 is 37.2 Å². The molecule has 248 valence electrons. The molecule has 0 saturated carbocycles. The van der Waals surface area contributed by atoms with Gasteiger partial charge in [-0.05, 0) is 48.9 Å². The van der Waals surface area contributed by atoms with Gasteiger partial charge in [-0.25, -0.2) is 9.67 Å². The molecule has 4 aromatic rings. The van der Waals surface area contributed by atoms with Crippen LogP contribution in [-0.2, 0) is 35.5 Å². The quantitative estimate of drug-likeness (QED) is 0.0830. The molecule has 16 nitrogen and oxygen atoms in total. The Labute approximate surface area is 276 Å². The van der Waals surface area contributed by atoms with Gasteiger partial charge in [0.05, 0.1) is 18.9 Å². The Hall–Kier alpha value is -5.35. The van der Waals surface area contributed by atoms with Crippen molar-refractivity contribution in [3.05, 3.63) is 83.7 Å². The fourth-order valence-corrected chi connectivity index (χ4v) is 5.62. The molecule has 18 heteroatoms. The average Bonchev–Trinajstić information content (AvgIpc) is 3.79. The van der Waals surface area contributed by atoms with Crippen LogP contribution in [0.4, 0.5) is 0 Å². The smallest absolute Gasteiger partial charge is 0.526 e. The lowest BCUT2D eigenvalue weighted by Gasteiger charge is -2.28. The fourth-order valence-electron chi connectivity index (χ4n) is 5.62. The summed E-state index contributed by atoms with van der Waals surface area (Å²) in [6.45, 7) is 3.81. The summed E-state index contributed by atoms with van der Waals surface area (Å²) < 4.78 is 12.5. The molecular weight excluding hydrogens is 622 g/mol. The van der Waals surface area contributed by atoms with Gasteiger partial charge < -0.3 is 29.8 Å². The van der Waals surface area contributed by atoms with Crippen molar-refractivity contribution in [3.8, 4) is 11.5 Å². The second-order valence-electron chi connectivity index (χ2n) is 11.6. The molecule has 0 radical (unpaired) electrons. The minimum absolute atomic E-state index is 0.00914. The van der Waals surface area contributed by atoms with Crippen molar-refractivity contribution in [1.82, 2.24) is 29.8 Å². The van der Waals surface area contributed by atoms with E-state index in [0.717, 1.165) is 22.3 Å². The third-order valence-corrected chi connectivity index (χ3v) is 8.15. The van der Waals surface area contributed by atoms with Crippen molar-refractivity contribution in [1.29, 1.82) is 0 Å². The number of ketones is 2. The van der Waals surface area contributed by atoms with Crippen molar-refractivity contribution in [3.63, 3.8) is 0 Å². The maximum atomic E-state index is 12.4. The van der Waals surface area contributed by atoms with Crippen LogP contribution in [0.3, 0.4) is 0 Å². The summed E-state index contributed by atoms with van der Waals surface area (Å²) in [4.78, 5) is 29.8. The van der Waals surface area contributed by atoms with Crippen molar-refractivity contribution in [2.75, 3.05) is 0 Å². The molecule has 0 spiro atoms. The lowest BCUT2D eigenvalue weighted by atomic mass is 9.64. The predicted molar refractivity (Wildman–Crippen MR) is 172 cm³/mol. The van der Waals surface area contributed by atoms with Crippen LogP contribution in [0.15, 0.2) is 71.8 Å². The number of rotatable bonds is 10. The maximum absolute atomic E-state index is 12.4. The largest absolute Gasteiger partial charge is 0.536 e. The first kappa shape index (κ1) is 34.0. The fraction of sp³-hybridized carbons (Fsp3) is 0.333. The van der Waals surface area contributed by atoms with E-state index in [2.05, 4.69) is 30.6 Å². The lowest BCUT2D eigenvalue weighted by molar-refractivity contribution is -0.114. The standard InChI is InChI=1S/2C15H17BN4O4/c1-10-3-2-4-11-5-12(16(22)24-15(10)11)6-14(21)13(19-23)7-20-9-17-8-18-20;1-10-3-2-4-11-7-12(16(22)24-15(10)11)8-14(21)13(19-23)9-20-17-5-6-18-20/h2-4,8-9,12,22-23H,5-7H2,1H3;2-6,12,22-23H,7-9H2,1H3/b2*19-13-/t2*12-/m11/s1. The molecule has 2 aromatic heterocycles.